The lowest BCUT2D eigenvalue weighted by atomic mass is 10.0. The molecule has 0 saturated carbocycles. The highest BCUT2D eigenvalue weighted by Gasteiger charge is 2.25. The molecule has 3 rings (SSSR count). The van der Waals surface area contributed by atoms with Gasteiger partial charge in [-0.05, 0) is 42.7 Å². The molecule has 1 saturated heterocycles. The minimum Gasteiger partial charge on any atom is -0.410 e. The highest BCUT2D eigenvalue weighted by molar-refractivity contribution is 5.79. The van der Waals surface area contributed by atoms with Crippen molar-refractivity contribution in [3.05, 3.63) is 66.0 Å². The molecular formula is C20H21FN2O3. The largest absolute Gasteiger partial charge is 0.415 e. The first-order valence-corrected chi connectivity index (χ1v) is 8.66. The Morgan fingerprint density at radius 3 is 2.35 bits per heavy atom. The summed E-state index contributed by atoms with van der Waals surface area (Å²) >= 11 is 0. The molecule has 136 valence electrons. The Kier molecular flexibility index (Phi) is 5.84. The van der Waals surface area contributed by atoms with Crippen molar-refractivity contribution in [1.29, 1.82) is 0 Å². The van der Waals surface area contributed by atoms with E-state index in [2.05, 4.69) is 5.32 Å². The second kappa shape index (κ2) is 8.47. The molecule has 1 N–H and O–H groups in total. The maximum Gasteiger partial charge on any atom is 0.415 e. The Morgan fingerprint density at radius 1 is 1.04 bits per heavy atom. The van der Waals surface area contributed by atoms with E-state index < -0.39 is 0 Å². The van der Waals surface area contributed by atoms with Gasteiger partial charge in [0.15, 0.2) is 0 Å². The molecule has 1 heterocycles. The van der Waals surface area contributed by atoms with Gasteiger partial charge in [0.2, 0.25) is 5.91 Å². The SMILES string of the molecule is O=C(Cc1ccc(F)cc1)NC1CCN(C(=O)Oc2ccccc2)CC1. The van der Waals surface area contributed by atoms with E-state index in [4.69, 9.17) is 4.74 Å². The first-order valence-electron chi connectivity index (χ1n) is 8.66. The van der Waals surface area contributed by atoms with Crippen LogP contribution in [0.15, 0.2) is 54.6 Å². The lowest BCUT2D eigenvalue weighted by Gasteiger charge is -2.31. The number of halogens is 1. The molecule has 0 aliphatic carbocycles. The number of rotatable bonds is 4. The van der Waals surface area contributed by atoms with Crippen LogP contribution in [-0.2, 0) is 11.2 Å². The van der Waals surface area contributed by atoms with Gasteiger partial charge in [-0.25, -0.2) is 9.18 Å². The Balaban J connectivity index is 1.42. The molecule has 0 aromatic heterocycles. The predicted octanol–water partition coefficient (Wildman–Crippen LogP) is 3.15. The van der Waals surface area contributed by atoms with Gasteiger partial charge < -0.3 is 15.0 Å². The van der Waals surface area contributed by atoms with Crippen molar-refractivity contribution in [3.8, 4) is 5.75 Å². The molecule has 5 nitrogen and oxygen atoms in total. The summed E-state index contributed by atoms with van der Waals surface area (Å²) in [4.78, 5) is 25.9. The minimum absolute atomic E-state index is 0.0312. The first-order chi connectivity index (χ1) is 12.6. The number of piperidine rings is 1. The number of hydrogen-bond donors (Lipinski definition) is 1. The Morgan fingerprint density at radius 2 is 1.69 bits per heavy atom. The standard InChI is InChI=1S/C20H21FN2O3/c21-16-8-6-15(7-9-16)14-19(24)22-17-10-12-23(13-11-17)20(25)26-18-4-2-1-3-5-18/h1-9,17H,10-14H2,(H,22,24). The number of hydrogen-bond acceptors (Lipinski definition) is 3. The molecule has 0 radical (unpaired) electrons. The summed E-state index contributed by atoms with van der Waals surface area (Å²) in [5.41, 5.74) is 0.771. The van der Waals surface area contributed by atoms with Gasteiger partial charge in [-0.2, -0.15) is 0 Å². The molecule has 0 unspecified atom stereocenters. The number of carbonyl (C=O) groups is 2. The molecule has 2 aromatic carbocycles. The minimum atomic E-state index is -0.368. The number of nitrogens with zero attached hydrogens (tertiary/aromatic N) is 1. The molecule has 2 amide bonds. The van der Waals surface area contributed by atoms with E-state index in [1.807, 2.05) is 18.2 Å². The summed E-state index contributed by atoms with van der Waals surface area (Å²) in [6.45, 7) is 1.07. The van der Waals surface area contributed by atoms with E-state index in [0.29, 0.717) is 31.7 Å². The Bertz CT molecular complexity index is 741. The number of carbonyl (C=O) groups excluding carboxylic acids is 2. The van der Waals surface area contributed by atoms with Gasteiger partial charge in [-0.1, -0.05) is 30.3 Å². The van der Waals surface area contributed by atoms with E-state index in [0.717, 1.165) is 5.56 Å². The van der Waals surface area contributed by atoms with Crippen molar-refractivity contribution in [2.45, 2.75) is 25.3 Å². The highest BCUT2D eigenvalue weighted by Crippen LogP contribution is 2.15. The normalized spacial score (nSPS) is 14.7. The van der Waals surface area contributed by atoms with Crippen molar-refractivity contribution in [3.63, 3.8) is 0 Å². The number of ether oxygens (including phenoxy) is 1. The Hall–Kier alpha value is -2.89. The monoisotopic (exact) mass is 356 g/mol. The molecule has 26 heavy (non-hydrogen) atoms. The van der Waals surface area contributed by atoms with E-state index in [1.54, 1.807) is 29.2 Å². The van der Waals surface area contributed by atoms with Gasteiger partial charge in [0.1, 0.15) is 11.6 Å². The summed E-state index contributed by atoms with van der Waals surface area (Å²) in [6.07, 6.45) is 1.21. The van der Waals surface area contributed by atoms with Gasteiger partial charge in [-0.15, -0.1) is 0 Å². The maximum atomic E-state index is 12.9. The summed E-state index contributed by atoms with van der Waals surface area (Å²) in [5.74, 6) is 0.109. The average Bonchev–Trinajstić information content (AvgIpc) is 2.65. The summed E-state index contributed by atoms with van der Waals surface area (Å²) < 4.78 is 18.2. The molecule has 1 fully saturated rings. The summed E-state index contributed by atoms with van der Waals surface area (Å²) in [6, 6.07) is 14.9. The lowest BCUT2D eigenvalue weighted by molar-refractivity contribution is -0.121. The fraction of sp³-hybridized carbons (Fsp3) is 0.300. The molecule has 1 aliphatic rings. The third-order valence-electron chi connectivity index (χ3n) is 4.34. The van der Waals surface area contributed by atoms with Crippen LogP contribution in [0.5, 0.6) is 5.75 Å². The molecule has 2 aromatic rings. The smallest absolute Gasteiger partial charge is 0.410 e. The molecule has 0 bridgehead atoms. The molecule has 6 heteroatoms. The van der Waals surface area contributed by atoms with E-state index in [-0.39, 0.29) is 30.3 Å². The number of amides is 2. The number of likely N-dealkylation sites (tertiary alicyclic amines) is 1. The van der Waals surface area contributed by atoms with E-state index in [1.165, 1.54) is 12.1 Å². The molecule has 0 atom stereocenters. The van der Waals surface area contributed by atoms with Crippen LogP contribution in [0.1, 0.15) is 18.4 Å². The van der Waals surface area contributed by atoms with E-state index >= 15 is 0 Å². The summed E-state index contributed by atoms with van der Waals surface area (Å²) in [5, 5.41) is 2.98. The van der Waals surface area contributed by atoms with Gasteiger partial charge in [0.25, 0.3) is 0 Å². The number of nitrogens with one attached hydrogen (secondary N) is 1. The summed E-state index contributed by atoms with van der Waals surface area (Å²) in [7, 11) is 0. The maximum absolute atomic E-state index is 12.9. The van der Waals surface area contributed by atoms with Crippen LogP contribution in [0, 0.1) is 5.82 Å². The quantitative estimate of drug-likeness (QED) is 0.916. The lowest BCUT2D eigenvalue weighted by Crippen LogP contribution is -2.47. The van der Waals surface area contributed by atoms with Crippen LogP contribution in [-0.4, -0.2) is 36.0 Å². The zero-order valence-corrected chi connectivity index (χ0v) is 14.4. The second-order valence-electron chi connectivity index (χ2n) is 6.31. The van der Waals surface area contributed by atoms with Crippen LogP contribution in [0.4, 0.5) is 9.18 Å². The molecule has 0 spiro atoms. The van der Waals surface area contributed by atoms with Crippen LogP contribution in [0.25, 0.3) is 0 Å². The van der Waals surface area contributed by atoms with Crippen LogP contribution in [0.2, 0.25) is 0 Å². The Labute approximate surface area is 151 Å². The number of benzene rings is 2. The van der Waals surface area contributed by atoms with Crippen molar-refractivity contribution >= 4 is 12.0 Å². The van der Waals surface area contributed by atoms with Crippen LogP contribution in [0.3, 0.4) is 0 Å². The topological polar surface area (TPSA) is 58.6 Å². The number of para-hydroxylation sites is 1. The van der Waals surface area contributed by atoms with Crippen molar-refractivity contribution in [2.24, 2.45) is 0 Å². The fourth-order valence-corrected chi connectivity index (χ4v) is 2.93. The molecular weight excluding hydrogens is 335 g/mol. The van der Waals surface area contributed by atoms with Crippen molar-refractivity contribution in [1.82, 2.24) is 10.2 Å². The van der Waals surface area contributed by atoms with Crippen molar-refractivity contribution in [2.75, 3.05) is 13.1 Å². The molecule has 1 aliphatic heterocycles. The zero-order chi connectivity index (χ0) is 18.4. The van der Waals surface area contributed by atoms with Gasteiger partial charge in [-0.3, -0.25) is 4.79 Å². The van der Waals surface area contributed by atoms with Crippen LogP contribution >= 0.6 is 0 Å². The second-order valence-corrected chi connectivity index (χ2v) is 6.31. The zero-order valence-electron chi connectivity index (χ0n) is 14.4. The third kappa shape index (κ3) is 5.05. The fourth-order valence-electron chi connectivity index (χ4n) is 2.93. The van der Waals surface area contributed by atoms with Crippen LogP contribution < -0.4 is 10.1 Å². The third-order valence-corrected chi connectivity index (χ3v) is 4.34. The highest BCUT2D eigenvalue weighted by atomic mass is 19.1. The van der Waals surface area contributed by atoms with Gasteiger partial charge >= 0.3 is 6.09 Å². The van der Waals surface area contributed by atoms with Crippen molar-refractivity contribution < 1.29 is 18.7 Å². The van der Waals surface area contributed by atoms with Gasteiger partial charge in [0.05, 0.1) is 6.42 Å². The predicted molar refractivity (Wildman–Crippen MR) is 95.3 cm³/mol. The van der Waals surface area contributed by atoms with Gasteiger partial charge in [0, 0.05) is 19.1 Å². The van der Waals surface area contributed by atoms with E-state index in [9.17, 15) is 14.0 Å². The average molecular weight is 356 g/mol. The first kappa shape index (κ1) is 17.9.